The molecule has 0 unspecified atom stereocenters. The van der Waals surface area contributed by atoms with Gasteiger partial charge in [0.05, 0.1) is 6.61 Å². The fraction of sp³-hybridized carbons (Fsp3) is 0.250. The highest BCUT2D eigenvalue weighted by Gasteiger charge is 2.04. The van der Waals surface area contributed by atoms with Crippen LogP contribution >= 0.6 is 0 Å². The van der Waals surface area contributed by atoms with Crippen LogP contribution in [0.2, 0.25) is 0 Å². The van der Waals surface area contributed by atoms with Crippen molar-refractivity contribution in [1.82, 2.24) is 14.2 Å². The lowest BCUT2D eigenvalue weighted by atomic mass is 10.5. The van der Waals surface area contributed by atoms with E-state index >= 15 is 0 Å². The number of hydrogen-bond donors (Lipinski definition) is 1. The van der Waals surface area contributed by atoms with Gasteiger partial charge >= 0.3 is 0 Å². The van der Waals surface area contributed by atoms with Gasteiger partial charge in [-0.05, 0) is 0 Å². The Labute approximate surface area is 74.4 Å². The van der Waals surface area contributed by atoms with Gasteiger partial charge in [-0.2, -0.15) is 10.4 Å². The molecule has 66 valence electrons. The predicted molar refractivity (Wildman–Crippen MR) is 45.0 cm³/mol. The van der Waals surface area contributed by atoms with Crippen LogP contribution in [0.4, 0.5) is 0 Å². The van der Waals surface area contributed by atoms with Crippen LogP contribution in [0.15, 0.2) is 18.5 Å². The maximum atomic E-state index is 8.75. The van der Waals surface area contributed by atoms with Crippen LogP contribution in [0.1, 0.15) is 5.69 Å². The van der Waals surface area contributed by atoms with Gasteiger partial charge in [-0.15, -0.1) is 0 Å². The number of aromatic nitrogens is 3. The van der Waals surface area contributed by atoms with E-state index in [9.17, 15) is 0 Å². The molecule has 0 fully saturated rings. The number of rotatable bonds is 2. The van der Waals surface area contributed by atoms with Crippen molar-refractivity contribution in [3.63, 3.8) is 0 Å². The Morgan fingerprint density at radius 2 is 2.38 bits per heavy atom. The molecule has 0 aliphatic carbocycles. The summed E-state index contributed by atoms with van der Waals surface area (Å²) < 4.78 is 3.46. The van der Waals surface area contributed by atoms with E-state index in [4.69, 9.17) is 10.4 Å². The van der Waals surface area contributed by atoms with E-state index in [1.165, 1.54) is 0 Å². The zero-order chi connectivity index (χ0) is 9.26. The standard InChI is InChI=1S/C8H8N4O/c9-6-7-5-8-11(3-4-13)1-2-12(8)10-7/h1-2,5,13H,3-4H2. The number of imidazole rings is 1. The van der Waals surface area contributed by atoms with Crippen LogP contribution in [0, 0.1) is 11.3 Å². The second-order valence-corrected chi connectivity index (χ2v) is 2.66. The highest BCUT2D eigenvalue weighted by molar-refractivity contribution is 5.44. The Hall–Kier alpha value is -1.80. The van der Waals surface area contributed by atoms with Crippen LogP contribution < -0.4 is 0 Å². The van der Waals surface area contributed by atoms with Crippen molar-refractivity contribution in [3.05, 3.63) is 24.2 Å². The summed E-state index contributed by atoms with van der Waals surface area (Å²) in [6.45, 7) is 0.602. The summed E-state index contributed by atoms with van der Waals surface area (Å²) in [5, 5.41) is 21.3. The summed E-state index contributed by atoms with van der Waals surface area (Å²) in [7, 11) is 0. The summed E-state index contributed by atoms with van der Waals surface area (Å²) in [6.07, 6.45) is 3.57. The van der Waals surface area contributed by atoms with Crippen LogP contribution in [0.5, 0.6) is 0 Å². The molecule has 0 aromatic carbocycles. The highest BCUT2D eigenvalue weighted by atomic mass is 16.3. The third-order valence-electron chi connectivity index (χ3n) is 1.85. The zero-order valence-electron chi connectivity index (χ0n) is 6.88. The average Bonchev–Trinajstić information content (AvgIpc) is 2.67. The van der Waals surface area contributed by atoms with Crippen molar-refractivity contribution in [2.24, 2.45) is 0 Å². The first kappa shape index (κ1) is 7.83. The molecule has 0 aliphatic rings. The molecule has 0 radical (unpaired) electrons. The van der Waals surface area contributed by atoms with E-state index in [0.29, 0.717) is 12.2 Å². The van der Waals surface area contributed by atoms with Crippen molar-refractivity contribution in [3.8, 4) is 6.07 Å². The first-order chi connectivity index (χ1) is 6.35. The Morgan fingerprint density at radius 1 is 1.54 bits per heavy atom. The number of aliphatic hydroxyl groups is 1. The lowest BCUT2D eigenvalue weighted by Gasteiger charge is -1.96. The first-order valence-corrected chi connectivity index (χ1v) is 3.90. The normalized spacial score (nSPS) is 10.5. The van der Waals surface area contributed by atoms with E-state index in [0.717, 1.165) is 5.65 Å². The zero-order valence-corrected chi connectivity index (χ0v) is 6.88. The average molecular weight is 176 g/mol. The largest absolute Gasteiger partial charge is 0.395 e. The van der Waals surface area contributed by atoms with Crippen molar-refractivity contribution in [2.45, 2.75) is 6.54 Å². The van der Waals surface area contributed by atoms with E-state index in [-0.39, 0.29) is 6.61 Å². The fourth-order valence-corrected chi connectivity index (χ4v) is 1.28. The summed E-state index contributed by atoms with van der Waals surface area (Å²) >= 11 is 0. The number of aliphatic hydroxyl groups excluding tert-OH is 1. The summed E-state index contributed by atoms with van der Waals surface area (Å²) in [5.74, 6) is 0. The fourth-order valence-electron chi connectivity index (χ4n) is 1.28. The van der Waals surface area contributed by atoms with Gasteiger partial charge in [0.1, 0.15) is 11.7 Å². The Bertz CT molecular complexity index is 462. The Kier molecular flexibility index (Phi) is 1.76. The van der Waals surface area contributed by atoms with Gasteiger partial charge in [-0.1, -0.05) is 0 Å². The van der Waals surface area contributed by atoms with Crippen LogP contribution in [0.3, 0.4) is 0 Å². The molecular formula is C8H8N4O. The van der Waals surface area contributed by atoms with Gasteiger partial charge in [0.25, 0.3) is 0 Å². The molecule has 2 heterocycles. The molecule has 1 N–H and O–H groups in total. The quantitative estimate of drug-likeness (QED) is 0.700. The molecule has 0 spiro atoms. The maximum Gasteiger partial charge on any atom is 0.165 e. The van der Waals surface area contributed by atoms with Crippen LogP contribution in [0.25, 0.3) is 5.65 Å². The molecule has 0 saturated carbocycles. The van der Waals surface area contributed by atoms with Gasteiger partial charge in [-0.3, -0.25) is 0 Å². The minimum Gasteiger partial charge on any atom is -0.395 e. The second-order valence-electron chi connectivity index (χ2n) is 2.66. The topological polar surface area (TPSA) is 66.2 Å². The van der Waals surface area contributed by atoms with Gasteiger partial charge in [-0.25, -0.2) is 4.52 Å². The molecule has 0 amide bonds. The molecule has 0 aliphatic heterocycles. The molecular weight excluding hydrogens is 168 g/mol. The molecule has 13 heavy (non-hydrogen) atoms. The maximum absolute atomic E-state index is 8.75. The molecule has 5 heteroatoms. The summed E-state index contributed by atoms with van der Waals surface area (Å²) in [6, 6.07) is 3.65. The molecule has 2 aromatic rings. The van der Waals surface area contributed by atoms with Crippen molar-refractivity contribution < 1.29 is 5.11 Å². The van der Waals surface area contributed by atoms with Crippen LogP contribution in [-0.2, 0) is 6.54 Å². The third kappa shape index (κ3) is 1.17. The number of hydrogen-bond acceptors (Lipinski definition) is 3. The van der Waals surface area contributed by atoms with Crippen molar-refractivity contribution in [1.29, 1.82) is 5.26 Å². The molecule has 5 nitrogen and oxygen atoms in total. The van der Waals surface area contributed by atoms with Gasteiger partial charge < -0.3 is 9.67 Å². The molecule has 2 aromatic heterocycles. The first-order valence-electron chi connectivity index (χ1n) is 3.90. The van der Waals surface area contributed by atoms with Crippen molar-refractivity contribution >= 4 is 5.65 Å². The SMILES string of the molecule is N#Cc1cc2n(CCO)ccn2n1. The molecule has 0 bridgehead atoms. The number of nitrogens with zero attached hydrogens (tertiary/aromatic N) is 4. The minimum atomic E-state index is 0.0808. The molecule has 2 rings (SSSR count). The second kappa shape index (κ2) is 2.92. The number of nitriles is 1. The predicted octanol–water partition coefficient (Wildman–Crippen LogP) is -0.000220. The third-order valence-corrected chi connectivity index (χ3v) is 1.85. The monoisotopic (exact) mass is 176 g/mol. The lowest BCUT2D eigenvalue weighted by molar-refractivity contribution is 0.278. The Morgan fingerprint density at radius 3 is 3.08 bits per heavy atom. The summed E-state index contributed by atoms with van der Waals surface area (Å²) in [4.78, 5) is 0. The lowest BCUT2D eigenvalue weighted by Crippen LogP contribution is -1.99. The molecule has 0 atom stereocenters. The van der Waals surface area contributed by atoms with E-state index < -0.39 is 0 Å². The van der Waals surface area contributed by atoms with Crippen LogP contribution in [-0.4, -0.2) is 25.9 Å². The van der Waals surface area contributed by atoms with E-state index in [1.54, 1.807) is 16.8 Å². The van der Waals surface area contributed by atoms with Crippen molar-refractivity contribution in [2.75, 3.05) is 6.61 Å². The van der Waals surface area contributed by atoms with Gasteiger partial charge in [0.2, 0.25) is 0 Å². The Balaban J connectivity index is 2.53. The van der Waals surface area contributed by atoms with E-state index in [1.807, 2.05) is 16.8 Å². The smallest absolute Gasteiger partial charge is 0.165 e. The highest BCUT2D eigenvalue weighted by Crippen LogP contribution is 2.06. The van der Waals surface area contributed by atoms with E-state index in [2.05, 4.69) is 5.10 Å². The van der Waals surface area contributed by atoms with Gasteiger partial charge in [0.15, 0.2) is 5.69 Å². The summed E-state index contributed by atoms with van der Waals surface area (Å²) in [5.41, 5.74) is 1.22. The molecule has 0 saturated heterocycles. The number of fused-ring (bicyclic) bond motifs is 1. The van der Waals surface area contributed by atoms with Gasteiger partial charge in [0, 0.05) is 25.0 Å². The minimum absolute atomic E-state index is 0.0808.